The Bertz CT molecular complexity index is 2110. The molecular formula is C32H23ClN4O5S. The van der Waals surface area contributed by atoms with Crippen molar-refractivity contribution in [3.63, 3.8) is 0 Å². The van der Waals surface area contributed by atoms with Gasteiger partial charge in [0.15, 0.2) is 4.80 Å². The van der Waals surface area contributed by atoms with Crippen molar-refractivity contribution in [3.8, 4) is 11.3 Å². The molecule has 3 heterocycles. The van der Waals surface area contributed by atoms with E-state index in [0.29, 0.717) is 54.0 Å². The van der Waals surface area contributed by atoms with Gasteiger partial charge in [-0.15, -0.1) is 0 Å². The molecule has 6 rings (SSSR count). The van der Waals surface area contributed by atoms with E-state index in [1.807, 2.05) is 18.2 Å². The van der Waals surface area contributed by atoms with Gasteiger partial charge in [-0.05, 0) is 67.4 Å². The molecule has 0 aliphatic carbocycles. The molecule has 1 aliphatic heterocycles. The number of nitrogens with zero attached hydrogens (tertiary/aromatic N) is 3. The van der Waals surface area contributed by atoms with E-state index >= 15 is 0 Å². The van der Waals surface area contributed by atoms with Crippen LogP contribution in [0.25, 0.3) is 17.4 Å². The molecule has 9 nitrogen and oxygen atoms in total. The molecule has 1 N–H and O–H groups in total. The van der Waals surface area contributed by atoms with Gasteiger partial charge in [0.2, 0.25) is 0 Å². The number of aryl methyl sites for hydroxylation is 1. The summed E-state index contributed by atoms with van der Waals surface area (Å²) in [6.07, 6.45) is 1.58. The van der Waals surface area contributed by atoms with Gasteiger partial charge < -0.3 is 9.73 Å². The average molecular weight is 611 g/mol. The highest BCUT2D eigenvalue weighted by Crippen LogP contribution is 2.33. The smallest absolute Gasteiger partial charge is 0.280 e. The van der Waals surface area contributed by atoms with Gasteiger partial charge in [0.25, 0.3) is 17.2 Å². The zero-order chi connectivity index (χ0) is 30.2. The first-order chi connectivity index (χ1) is 20.7. The van der Waals surface area contributed by atoms with Crippen molar-refractivity contribution in [2.24, 2.45) is 4.99 Å². The molecular weight excluding hydrogens is 588 g/mol. The number of para-hydroxylation sites is 1. The number of carbonyl (C=O) groups is 1. The predicted octanol–water partition coefficient (Wildman–Crippen LogP) is 6.00. The summed E-state index contributed by atoms with van der Waals surface area (Å²) in [6, 6.07) is 23.5. The maximum Gasteiger partial charge on any atom is 0.280 e. The third-order valence-electron chi connectivity index (χ3n) is 7.00. The van der Waals surface area contributed by atoms with E-state index in [2.05, 4.69) is 10.3 Å². The molecule has 0 fully saturated rings. The highest BCUT2D eigenvalue weighted by molar-refractivity contribution is 7.07. The maximum absolute atomic E-state index is 13.9. The fraction of sp³-hybridized carbons (Fsp3) is 0.0938. The van der Waals surface area contributed by atoms with Crippen molar-refractivity contribution in [1.82, 2.24) is 4.57 Å². The molecule has 0 saturated carbocycles. The number of fused-ring (bicyclic) bond motifs is 1. The number of hydrogen-bond donors (Lipinski definition) is 1. The summed E-state index contributed by atoms with van der Waals surface area (Å²) < 4.78 is 7.77. The highest BCUT2D eigenvalue weighted by Gasteiger charge is 2.32. The van der Waals surface area contributed by atoms with Crippen LogP contribution in [0.3, 0.4) is 0 Å². The largest absolute Gasteiger partial charge is 0.456 e. The molecule has 5 aromatic rings. The van der Waals surface area contributed by atoms with Crippen molar-refractivity contribution in [1.29, 1.82) is 0 Å². The van der Waals surface area contributed by atoms with E-state index in [1.54, 1.807) is 80.6 Å². The molecule has 43 heavy (non-hydrogen) atoms. The molecule has 1 atom stereocenters. The van der Waals surface area contributed by atoms with E-state index in [9.17, 15) is 19.7 Å². The monoisotopic (exact) mass is 610 g/mol. The number of allylic oxidation sites excluding steroid dienone is 1. The maximum atomic E-state index is 13.9. The Balaban J connectivity index is 1.45. The molecule has 0 bridgehead atoms. The van der Waals surface area contributed by atoms with Gasteiger partial charge in [0, 0.05) is 22.9 Å². The van der Waals surface area contributed by atoms with Gasteiger partial charge in [0.1, 0.15) is 11.5 Å². The lowest BCUT2D eigenvalue weighted by atomic mass is 9.95. The summed E-state index contributed by atoms with van der Waals surface area (Å²) in [6.45, 7) is 3.52. The Morgan fingerprint density at radius 1 is 1.07 bits per heavy atom. The third-order valence-corrected chi connectivity index (χ3v) is 8.23. The summed E-state index contributed by atoms with van der Waals surface area (Å²) in [5.41, 5.74) is 2.78. The number of nitro benzene ring substituents is 1. The molecule has 1 unspecified atom stereocenters. The second-order valence-electron chi connectivity index (χ2n) is 9.93. The molecule has 11 heteroatoms. The van der Waals surface area contributed by atoms with Crippen molar-refractivity contribution >= 4 is 46.3 Å². The minimum atomic E-state index is -0.762. The van der Waals surface area contributed by atoms with Crippen LogP contribution in [0.2, 0.25) is 5.02 Å². The lowest BCUT2D eigenvalue weighted by Gasteiger charge is -2.25. The Kier molecular flexibility index (Phi) is 7.39. The fourth-order valence-electron chi connectivity index (χ4n) is 5.00. The van der Waals surface area contributed by atoms with Gasteiger partial charge in [-0.1, -0.05) is 59.3 Å². The number of benzene rings is 3. The topological polar surface area (TPSA) is 120 Å². The Morgan fingerprint density at radius 2 is 1.81 bits per heavy atom. The highest BCUT2D eigenvalue weighted by atomic mass is 35.5. The van der Waals surface area contributed by atoms with Crippen LogP contribution in [0.4, 0.5) is 11.4 Å². The summed E-state index contributed by atoms with van der Waals surface area (Å²) in [4.78, 5) is 43.8. The minimum absolute atomic E-state index is 0.0694. The van der Waals surface area contributed by atoms with E-state index in [4.69, 9.17) is 16.0 Å². The average Bonchev–Trinajstić information content (AvgIpc) is 3.57. The first-order valence-corrected chi connectivity index (χ1v) is 14.4. The number of rotatable bonds is 6. The van der Waals surface area contributed by atoms with Crippen LogP contribution in [-0.4, -0.2) is 15.4 Å². The number of furan rings is 1. The van der Waals surface area contributed by atoms with Gasteiger partial charge >= 0.3 is 0 Å². The van der Waals surface area contributed by atoms with Gasteiger partial charge in [-0.3, -0.25) is 24.3 Å². The van der Waals surface area contributed by atoms with Gasteiger partial charge in [-0.2, -0.15) is 0 Å². The van der Waals surface area contributed by atoms with Crippen molar-refractivity contribution in [3.05, 3.63) is 148 Å². The zero-order valence-corrected chi connectivity index (χ0v) is 24.5. The van der Waals surface area contributed by atoms with Crippen molar-refractivity contribution in [2.45, 2.75) is 19.9 Å². The molecule has 1 aliphatic rings. The van der Waals surface area contributed by atoms with Crippen LogP contribution in [0.1, 0.15) is 29.9 Å². The second-order valence-corrected chi connectivity index (χ2v) is 11.4. The van der Waals surface area contributed by atoms with Crippen LogP contribution in [0, 0.1) is 17.0 Å². The lowest BCUT2D eigenvalue weighted by Crippen LogP contribution is -2.40. The van der Waals surface area contributed by atoms with Gasteiger partial charge in [-0.25, -0.2) is 4.99 Å². The normalized spacial score (nSPS) is 14.8. The minimum Gasteiger partial charge on any atom is -0.456 e. The molecule has 3 aromatic carbocycles. The third kappa shape index (κ3) is 5.45. The number of carbonyl (C=O) groups excluding carboxylic acids is 1. The molecule has 0 spiro atoms. The van der Waals surface area contributed by atoms with Crippen molar-refractivity contribution in [2.75, 3.05) is 5.32 Å². The Morgan fingerprint density at radius 3 is 2.53 bits per heavy atom. The fourth-order valence-corrected chi connectivity index (χ4v) is 6.15. The van der Waals surface area contributed by atoms with Crippen LogP contribution >= 0.6 is 22.9 Å². The first kappa shape index (κ1) is 28.1. The summed E-state index contributed by atoms with van der Waals surface area (Å²) in [7, 11) is 0. The predicted molar refractivity (Wildman–Crippen MR) is 166 cm³/mol. The zero-order valence-electron chi connectivity index (χ0n) is 22.9. The number of aromatic nitrogens is 1. The number of halogens is 1. The summed E-state index contributed by atoms with van der Waals surface area (Å²) in [5, 5.41) is 15.1. The van der Waals surface area contributed by atoms with Crippen LogP contribution in [0.5, 0.6) is 0 Å². The number of nitro groups is 1. The van der Waals surface area contributed by atoms with E-state index in [1.165, 1.54) is 10.6 Å². The lowest BCUT2D eigenvalue weighted by molar-refractivity contribution is -0.384. The van der Waals surface area contributed by atoms with Crippen molar-refractivity contribution < 1.29 is 14.1 Å². The first-order valence-electron chi connectivity index (χ1n) is 13.2. The van der Waals surface area contributed by atoms with Crippen LogP contribution < -0.4 is 20.2 Å². The molecule has 2 aromatic heterocycles. The Labute approximate surface area is 253 Å². The quantitative estimate of drug-likeness (QED) is 0.187. The number of hydrogen-bond acceptors (Lipinski definition) is 7. The molecule has 214 valence electrons. The second kappa shape index (κ2) is 11.3. The SMILES string of the molecule is CC1=C(C(=O)Nc2ccccc2)C(c2ccc(Cl)cc2)n2c(s/c(=C\c3ccc(-c4ccc(C)cc4[N+](=O)[O-])o3)c2=O)=N1. The number of thiazole rings is 1. The van der Waals surface area contributed by atoms with Gasteiger partial charge in [0.05, 0.1) is 32.3 Å². The number of amides is 1. The van der Waals surface area contributed by atoms with Crippen LogP contribution in [0.15, 0.2) is 110 Å². The standard InChI is InChI=1S/C32H23ClN4O5S/c1-18-8-14-24(25(16-18)37(40)41)26-15-13-23(42-26)17-27-31(39)36-29(20-9-11-21(33)12-10-20)28(19(2)34-32(36)43-27)30(38)35-22-6-4-3-5-7-22/h3-17,29H,1-2H3,(H,35,38)/b27-17-. The number of anilines is 1. The van der Waals surface area contributed by atoms with E-state index in [-0.39, 0.29) is 17.2 Å². The molecule has 0 saturated heterocycles. The van der Waals surface area contributed by atoms with E-state index in [0.717, 1.165) is 16.9 Å². The van der Waals surface area contributed by atoms with E-state index < -0.39 is 11.0 Å². The molecule has 1 amide bonds. The summed E-state index contributed by atoms with van der Waals surface area (Å²) in [5.74, 6) is 0.272. The Hall–Kier alpha value is -5.06. The number of nitrogens with one attached hydrogen (secondary N) is 1. The summed E-state index contributed by atoms with van der Waals surface area (Å²) >= 11 is 7.33. The molecule has 0 radical (unpaired) electrons. The van der Waals surface area contributed by atoms with Crippen LogP contribution in [-0.2, 0) is 4.79 Å².